The zero-order valence-corrected chi connectivity index (χ0v) is 11.0. The van der Waals surface area contributed by atoms with Gasteiger partial charge in [-0.2, -0.15) is 0 Å². The highest BCUT2D eigenvalue weighted by molar-refractivity contribution is 5.98. The maximum atomic E-state index is 11.6. The van der Waals surface area contributed by atoms with Crippen LogP contribution in [0.4, 0.5) is 0 Å². The van der Waals surface area contributed by atoms with Crippen LogP contribution in [0.3, 0.4) is 0 Å². The van der Waals surface area contributed by atoms with Crippen LogP contribution in [0.1, 0.15) is 12.6 Å². The van der Waals surface area contributed by atoms with Gasteiger partial charge in [-0.15, -0.1) is 0 Å². The Morgan fingerprint density at radius 3 is 2.22 bits per heavy atom. The Hall–Kier alpha value is -2.04. The lowest BCUT2D eigenvalue weighted by Crippen LogP contribution is -2.27. The Balaban J connectivity index is 3.06. The number of carbonyl (C=O) groups excluding carboxylic acids is 2. The van der Waals surface area contributed by atoms with Crippen LogP contribution in [0.15, 0.2) is 23.9 Å². The highest BCUT2D eigenvalue weighted by Gasteiger charge is 2.30. The number of rotatable bonds is 4. The van der Waals surface area contributed by atoms with E-state index in [4.69, 9.17) is 0 Å². The number of ether oxygens (including phenoxy) is 2. The van der Waals surface area contributed by atoms with Crippen LogP contribution >= 0.6 is 0 Å². The molecule has 0 bridgehead atoms. The predicted molar refractivity (Wildman–Crippen MR) is 66.6 cm³/mol. The van der Waals surface area contributed by atoms with Crippen molar-refractivity contribution in [2.75, 3.05) is 14.2 Å². The van der Waals surface area contributed by atoms with Crippen LogP contribution < -0.4 is 0 Å². The third-order valence-corrected chi connectivity index (χ3v) is 2.69. The molecule has 0 aliphatic carbocycles. The van der Waals surface area contributed by atoms with E-state index in [0.717, 1.165) is 5.69 Å². The van der Waals surface area contributed by atoms with Gasteiger partial charge in [0.05, 0.1) is 14.2 Å². The van der Waals surface area contributed by atoms with Crippen LogP contribution in [0.2, 0.25) is 0 Å². The Bertz CT molecular complexity index is 457. The highest BCUT2D eigenvalue weighted by Crippen LogP contribution is 2.18. The van der Waals surface area contributed by atoms with Crippen molar-refractivity contribution in [3.63, 3.8) is 0 Å². The molecule has 5 heteroatoms. The monoisotopic (exact) mass is 251 g/mol. The molecule has 0 aliphatic rings. The zero-order valence-electron chi connectivity index (χ0n) is 11.0. The fourth-order valence-electron chi connectivity index (χ4n) is 1.64. The maximum Gasteiger partial charge on any atom is 0.324 e. The summed E-state index contributed by atoms with van der Waals surface area (Å²) in [6.45, 7) is 1.70. The number of aryl methyl sites for hydroxylation is 1. The Morgan fingerprint density at radius 1 is 1.28 bits per heavy atom. The molecule has 0 saturated carbocycles. The Morgan fingerprint density at radius 2 is 1.83 bits per heavy atom. The summed E-state index contributed by atoms with van der Waals surface area (Å²) in [5.74, 6) is -2.26. The van der Waals surface area contributed by atoms with Crippen molar-refractivity contribution in [2.24, 2.45) is 13.0 Å². The van der Waals surface area contributed by atoms with E-state index in [9.17, 15) is 9.59 Å². The quantitative estimate of drug-likeness (QED) is 0.599. The summed E-state index contributed by atoms with van der Waals surface area (Å²) >= 11 is 0. The van der Waals surface area contributed by atoms with Gasteiger partial charge >= 0.3 is 11.9 Å². The summed E-state index contributed by atoms with van der Waals surface area (Å²) in [5, 5.41) is 0. The van der Waals surface area contributed by atoms with Crippen LogP contribution in [0.25, 0.3) is 6.08 Å². The van der Waals surface area contributed by atoms with Crippen LogP contribution in [-0.4, -0.2) is 30.7 Å². The van der Waals surface area contributed by atoms with Gasteiger partial charge in [0, 0.05) is 18.9 Å². The fourth-order valence-corrected chi connectivity index (χ4v) is 1.64. The van der Waals surface area contributed by atoms with E-state index in [0.29, 0.717) is 5.57 Å². The van der Waals surface area contributed by atoms with Crippen LogP contribution in [-0.2, 0) is 26.1 Å². The van der Waals surface area contributed by atoms with Gasteiger partial charge in [-0.3, -0.25) is 9.59 Å². The second-order valence-corrected chi connectivity index (χ2v) is 3.91. The maximum absolute atomic E-state index is 11.6. The third kappa shape index (κ3) is 3.00. The van der Waals surface area contributed by atoms with Crippen molar-refractivity contribution in [1.29, 1.82) is 0 Å². The van der Waals surface area contributed by atoms with Gasteiger partial charge < -0.3 is 14.0 Å². The van der Waals surface area contributed by atoms with E-state index in [-0.39, 0.29) is 0 Å². The van der Waals surface area contributed by atoms with Gasteiger partial charge in [0.2, 0.25) is 0 Å². The fraction of sp³-hybridized carbons (Fsp3) is 0.385. The SMILES string of the molecule is COC(=O)C(C(=O)OC)/C(C)=C\c1cccn1C. The molecule has 0 aliphatic heterocycles. The molecule has 0 unspecified atom stereocenters. The molecule has 1 heterocycles. The molecule has 0 saturated heterocycles. The summed E-state index contributed by atoms with van der Waals surface area (Å²) < 4.78 is 11.1. The van der Waals surface area contributed by atoms with Crippen molar-refractivity contribution < 1.29 is 19.1 Å². The van der Waals surface area contributed by atoms with E-state index in [1.165, 1.54) is 14.2 Å². The van der Waals surface area contributed by atoms with E-state index >= 15 is 0 Å². The van der Waals surface area contributed by atoms with Gasteiger partial charge in [-0.1, -0.05) is 0 Å². The Kier molecular flexibility index (Phi) is 4.71. The van der Waals surface area contributed by atoms with E-state index < -0.39 is 17.9 Å². The molecular weight excluding hydrogens is 234 g/mol. The lowest BCUT2D eigenvalue weighted by Gasteiger charge is -2.13. The zero-order chi connectivity index (χ0) is 13.7. The normalized spacial score (nSPS) is 11.5. The number of aromatic nitrogens is 1. The van der Waals surface area contributed by atoms with Crippen LogP contribution in [0.5, 0.6) is 0 Å². The molecule has 0 fully saturated rings. The molecule has 0 radical (unpaired) electrons. The molecule has 1 aromatic heterocycles. The van der Waals surface area contributed by atoms with Gasteiger partial charge in [-0.05, 0) is 30.7 Å². The molecule has 0 atom stereocenters. The number of esters is 2. The highest BCUT2D eigenvalue weighted by atomic mass is 16.5. The van der Waals surface area contributed by atoms with Crippen LogP contribution in [0, 0.1) is 5.92 Å². The minimum absolute atomic E-state index is 0.579. The van der Waals surface area contributed by atoms with Crippen molar-refractivity contribution in [2.45, 2.75) is 6.92 Å². The second kappa shape index (κ2) is 6.05. The minimum Gasteiger partial charge on any atom is -0.468 e. The number of carbonyl (C=O) groups is 2. The van der Waals surface area contributed by atoms with Gasteiger partial charge in [0.15, 0.2) is 5.92 Å². The first-order chi connectivity index (χ1) is 8.51. The molecule has 1 rings (SSSR count). The molecule has 98 valence electrons. The number of hydrogen-bond donors (Lipinski definition) is 0. The summed E-state index contributed by atoms with van der Waals surface area (Å²) in [5.41, 5.74) is 1.47. The summed E-state index contributed by atoms with van der Waals surface area (Å²) in [6, 6.07) is 3.76. The molecular formula is C13H17NO4. The summed E-state index contributed by atoms with van der Waals surface area (Å²) in [4.78, 5) is 23.2. The first kappa shape index (κ1) is 14.0. The third-order valence-electron chi connectivity index (χ3n) is 2.69. The molecule has 0 aromatic carbocycles. The van der Waals surface area contributed by atoms with Gasteiger partial charge in [0.25, 0.3) is 0 Å². The predicted octanol–water partition coefficient (Wildman–Crippen LogP) is 1.39. The topological polar surface area (TPSA) is 57.5 Å². The average Bonchev–Trinajstić information content (AvgIpc) is 2.74. The average molecular weight is 251 g/mol. The largest absolute Gasteiger partial charge is 0.468 e. The lowest BCUT2D eigenvalue weighted by atomic mass is 10.00. The molecule has 5 nitrogen and oxygen atoms in total. The summed E-state index contributed by atoms with van der Waals surface area (Å²) in [7, 11) is 4.37. The Labute approximate surface area is 106 Å². The van der Waals surface area contributed by atoms with Gasteiger partial charge in [0.1, 0.15) is 0 Å². The second-order valence-electron chi connectivity index (χ2n) is 3.91. The number of hydrogen-bond acceptors (Lipinski definition) is 4. The molecule has 1 aromatic rings. The minimum atomic E-state index is -1.02. The molecule has 0 spiro atoms. The lowest BCUT2D eigenvalue weighted by molar-refractivity contribution is -0.156. The van der Waals surface area contributed by atoms with E-state index in [1.54, 1.807) is 13.0 Å². The number of methoxy groups -OCH3 is 2. The molecule has 18 heavy (non-hydrogen) atoms. The number of nitrogens with zero attached hydrogens (tertiary/aromatic N) is 1. The van der Waals surface area contributed by atoms with Gasteiger partial charge in [-0.25, -0.2) is 0 Å². The van der Waals surface area contributed by atoms with Crippen molar-refractivity contribution in [3.8, 4) is 0 Å². The van der Waals surface area contributed by atoms with E-state index in [1.807, 2.05) is 29.9 Å². The van der Waals surface area contributed by atoms with Crippen molar-refractivity contribution in [1.82, 2.24) is 4.57 Å². The van der Waals surface area contributed by atoms with Crippen molar-refractivity contribution >= 4 is 18.0 Å². The van der Waals surface area contributed by atoms with Crippen molar-refractivity contribution in [3.05, 3.63) is 29.6 Å². The standard InChI is InChI=1S/C13H17NO4/c1-9(8-10-6-5-7-14(10)2)11(12(15)17-3)13(16)18-4/h5-8,11H,1-4H3/b9-8-. The molecule has 0 amide bonds. The smallest absolute Gasteiger partial charge is 0.324 e. The molecule has 0 N–H and O–H groups in total. The first-order valence-electron chi connectivity index (χ1n) is 5.46. The summed E-state index contributed by atoms with van der Waals surface area (Å²) in [6.07, 6.45) is 3.64. The first-order valence-corrected chi connectivity index (χ1v) is 5.46. The van der Waals surface area contributed by atoms with E-state index in [2.05, 4.69) is 9.47 Å².